The number of methoxy groups -OCH3 is 2. The number of halogens is 1. The van der Waals surface area contributed by atoms with E-state index in [2.05, 4.69) is 21.2 Å². The summed E-state index contributed by atoms with van der Waals surface area (Å²) in [4.78, 5) is 26.9. The molecule has 30 heavy (non-hydrogen) atoms. The van der Waals surface area contributed by atoms with Gasteiger partial charge in [-0.2, -0.15) is 0 Å². The third kappa shape index (κ3) is 5.42. The molecule has 0 saturated carbocycles. The minimum absolute atomic E-state index is 0.0467. The normalized spacial score (nSPS) is 14.6. The first-order valence-corrected chi connectivity index (χ1v) is 10.6. The largest absolute Gasteiger partial charge is 0.493 e. The Morgan fingerprint density at radius 3 is 2.43 bits per heavy atom. The number of carbonyl (C=O) groups excluding carboxylic acids is 2. The second kappa shape index (κ2) is 10.3. The van der Waals surface area contributed by atoms with Crippen molar-refractivity contribution in [1.29, 1.82) is 0 Å². The van der Waals surface area contributed by atoms with Gasteiger partial charge in [-0.3, -0.25) is 9.59 Å². The SMILES string of the molecule is COc1ccc(C(=O)N2CCC(NC(=O)/C=C/c3ccccc3Br)CC2)cc1OC. The molecule has 1 aliphatic heterocycles. The molecule has 1 heterocycles. The van der Waals surface area contributed by atoms with Crippen molar-refractivity contribution >= 4 is 33.8 Å². The van der Waals surface area contributed by atoms with E-state index in [4.69, 9.17) is 9.47 Å². The van der Waals surface area contributed by atoms with Crippen molar-refractivity contribution in [3.05, 3.63) is 64.1 Å². The van der Waals surface area contributed by atoms with Crippen LogP contribution in [0.1, 0.15) is 28.8 Å². The summed E-state index contributed by atoms with van der Waals surface area (Å²) in [6, 6.07) is 12.9. The number of nitrogens with one attached hydrogen (secondary N) is 1. The van der Waals surface area contributed by atoms with Crippen LogP contribution in [0.25, 0.3) is 6.08 Å². The van der Waals surface area contributed by atoms with Crippen molar-refractivity contribution in [2.75, 3.05) is 27.3 Å². The van der Waals surface area contributed by atoms with Crippen LogP contribution >= 0.6 is 15.9 Å². The molecule has 2 amide bonds. The summed E-state index contributed by atoms with van der Waals surface area (Å²) in [7, 11) is 3.11. The zero-order chi connectivity index (χ0) is 21.5. The Hall–Kier alpha value is -2.80. The molecule has 1 fully saturated rings. The monoisotopic (exact) mass is 472 g/mol. The summed E-state index contributed by atoms with van der Waals surface area (Å²) >= 11 is 3.47. The van der Waals surface area contributed by atoms with E-state index in [-0.39, 0.29) is 17.9 Å². The van der Waals surface area contributed by atoms with E-state index in [1.54, 1.807) is 49.5 Å². The molecule has 2 aromatic carbocycles. The Bertz CT molecular complexity index is 937. The van der Waals surface area contributed by atoms with Crippen molar-refractivity contribution < 1.29 is 19.1 Å². The molecule has 0 radical (unpaired) electrons. The Morgan fingerprint density at radius 2 is 1.77 bits per heavy atom. The van der Waals surface area contributed by atoms with E-state index < -0.39 is 0 Å². The summed E-state index contributed by atoms with van der Waals surface area (Å²) in [5.41, 5.74) is 1.51. The lowest BCUT2D eigenvalue weighted by molar-refractivity contribution is -0.117. The fourth-order valence-corrected chi connectivity index (χ4v) is 3.82. The molecule has 0 unspecified atom stereocenters. The van der Waals surface area contributed by atoms with Crippen LogP contribution in [0, 0.1) is 0 Å². The molecule has 0 bridgehead atoms. The van der Waals surface area contributed by atoms with Gasteiger partial charge in [0.15, 0.2) is 11.5 Å². The number of piperidine rings is 1. The maximum absolute atomic E-state index is 12.8. The summed E-state index contributed by atoms with van der Waals surface area (Å²) in [6.45, 7) is 1.18. The third-order valence-electron chi connectivity index (χ3n) is 5.08. The van der Waals surface area contributed by atoms with E-state index in [1.807, 2.05) is 24.3 Å². The van der Waals surface area contributed by atoms with Gasteiger partial charge in [0.25, 0.3) is 5.91 Å². The van der Waals surface area contributed by atoms with E-state index in [0.29, 0.717) is 43.0 Å². The molecule has 0 aromatic heterocycles. The van der Waals surface area contributed by atoms with Crippen molar-refractivity contribution in [2.45, 2.75) is 18.9 Å². The van der Waals surface area contributed by atoms with Crippen LogP contribution in [0.5, 0.6) is 11.5 Å². The van der Waals surface area contributed by atoms with Crippen molar-refractivity contribution in [3.63, 3.8) is 0 Å². The van der Waals surface area contributed by atoms with Crippen LogP contribution < -0.4 is 14.8 Å². The van der Waals surface area contributed by atoms with E-state index in [1.165, 1.54) is 0 Å². The molecule has 1 saturated heterocycles. The van der Waals surface area contributed by atoms with Gasteiger partial charge >= 0.3 is 0 Å². The number of benzene rings is 2. The highest BCUT2D eigenvalue weighted by molar-refractivity contribution is 9.10. The lowest BCUT2D eigenvalue weighted by Gasteiger charge is -2.32. The van der Waals surface area contributed by atoms with Gasteiger partial charge in [0.1, 0.15) is 0 Å². The van der Waals surface area contributed by atoms with Gasteiger partial charge in [-0.15, -0.1) is 0 Å². The van der Waals surface area contributed by atoms with E-state index >= 15 is 0 Å². The first-order valence-electron chi connectivity index (χ1n) is 9.76. The van der Waals surface area contributed by atoms with Crippen molar-refractivity contribution in [2.24, 2.45) is 0 Å². The number of amides is 2. The van der Waals surface area contributed by atoms with Crippen LogP contribution in [-0.2, 0) is 4.79 Å². The molecular weight excluding hydrogens is 448 g/mol. The van der Waals surface area contributed by atoms with Gasteiger partial charge in [0.05, 0.1) is 14.2 Å². The average molecular weight is 473 g/mol. The Balaban J connectivity index is 1.52. The minimum atomic E-state index is -0.129. The first kappa shape index (κ1) is 21.9. The highest BCUT2D eigenvalue weighted by Gasteiger charge is 2.25. The molecule has 7 heteroatoms. The molecule has 0 spiro atoms. The smallest absolute Gasteiger partial charge is 0.253 e. The Morgan fingerprint density at radius 1 is 1.07 bits per heavy atom. The van der Waals surface area contributed by atoms with Crippen LogP contribution in [0.2, 0.25) is 0 Å². The minimum Gasteiger partial charge on any atom is -0.493 e. The molecule has 3 rings (SSSR count). The summed E-state index contributed by atoms with van der Waals surface area (Å²) in [5.74, 6) is 0.943. The molecule has 6 nitrogen and oxygen atoms in total. The average Bonchev–Trinajstić information content (AvgIpc) is 2.78. The quantitative estimate of drug-likeness (QED) is 0.647. The second-order valence-corrected chi connectivity index (χ2v) is 7.85. The van der Waals surface area contributed by atoms with E-state index in [0.717, 1.165) is 10.0 Å². The van der Waals surface area contributed by atoms with Gasteiger partial charge in [-0.1, -0.05) is 34.1 Å². The zero-order valence-corrected chi connectivity index (χ0v) is 18.6. The highest BCUT2D eigenvalue weighted by Crippen LogP contribution is 2.28. The number of nitrogens with zero attached hydrogens (tertiary/aromatic N) is 1. The Labute approximate surface area is 185 Å². The molecule has 158 valence electrons. The number of hydrogen-bond donors (Lipinski definition) is 1. The Kier molecular flexibility index (Phi) is 7.52. The van der Waals surface area contributed by atoms with Crippen LogP contribution in [0.4, 0.5) is 0 Å². The van der Waals surface area contributed by atoms with Crippen LogP contribution in [0.15, 0.2) is 53.0 Å². The first-order chi connectivity index (χ1) is 14.5. The van der Waals surface area contributed by atoms with Crippen molar-refractivity contribution in [1.82, 2.24) is 10.2 Å². The van der Waals surface area contributed by atoms with Gasteiger partial charge in [0.2, 0.25) is 5.91 Å². The molecule has 0 atom stereocenters. The molecule has 1 N–H and O–H groups in total. The zero-order valence-electron chi connectivity index (χ0n) is 17.1. The van der Waals surface area contributed by atoms with Gasteiger partial charge in [-0.05, 0) is 48.7 Å². The number of ether oxygens (including phenoxy) is 2. The van der Waals surface area contributed by atoms with Gasteiger partial charge < -0.3 is 19.7 Å². The maximum Gasteiger partial charge on any atom is 0.253 e. The summed E-state index contributed by atoms with van der Waals surface area (Å²) in [5, 5.41) is 3.03. The maximum atomic E-state index is 12.8. The number of hydrogen-bond acceptors (Lipinski definition) is 4. The number of rotatable bonds is 6. The molecular formula is C23H25BrN2O4. The van der Waals surface area contributed by atoms with Gasteiger partial charge in [-0.25, -0.2) is 0 Å². The molecule has 2 aromatic rings. The lowest BCUT2D eigenvalue weighted by Crippen LogP contribution is -2.46. The fourth-order valence-electron chi connectivity index (χ4n) is 3.40. The van der Waals surface area contributed by atoms with Crippen LogP contribution in [0.3, 0.4) is 0 Å². The summed E-state index contributed by atoms with van der Waals surface area (Å²) < 4.78 is 11.4. The lowest BCUT2D eigenvalue weighted by atomic mass is 10.0. The van der Waals surface area contributed by atoms with E-state index in [9.17, 15) is 9.59 Å². The van der Waals surface area contributed by atoms with Gasteiger partial charge in [0, 0.05) is 35.2 Å². The topological polar surface area (TPSA) is 67.9 Å². The van der Waals surface area contributed by atoms with Crippen molar-refractivity contribution in [3.8, 4) is 11.5 Å². The molecule has 1 aliphatic rings. The predicted octanol–water partition coefficient (Wildman–Crippen LogP) is 3.90. The highest BCUT2D eigenvalue weighted by atomic mass is 79.9. The number of carbonyl (C=O) groups is 2. The number of likely N-dealkylation sites (tertiary alicyclic amines) is 1. The van der Waals surface area contributed by atoms with Crippen LogP contribution in [-0.4, -0.2) is 50.1 Å². The third-order valence-corrected chi connectivity index (χ3v) is 5.80. The fraction of sp³-hybridized carbons (Fsp3) is 0.304. The standard InChI is InChI=1S/C23H25BrN2O4/c1-29-20-9-7-17(15-21(20)30-2)23(28)26-13-11-18(12-14-26)25-22(27)10-8-16-5-3-4-6-19(16)24/h3-10,15,18H,11-14H2,1-2H3,(H,25,27)/b10-8+. The molecule has 0 aliphatic carbocycles. The predicted molar refractivity (Wildman–Crippen MR) is 120 cm³/mol. The summed E-state index contributed by atoms with van der Waals surface area (Å²) in [6.07, 6.45) is 4.76. The second-order valence-electron chi connectivity index (χ2n) is 7.00.